The molecule has 1 aromatic rings. The lowest BCUT2D eigenvalue weighted by Crippen LogP contribution is -2.30. The minimum absolute atomic E-state index is 0.223. The van der Waals surface area contributed by atoms with Gasteiger partial charge in [-0.2, -0.15) is 0 Å². The molecule has 0 heterocycles. The van der Waals surface area contributed by atoms with Gasteiger partial charge in [-0.3, -0.25) is 4.79 Å². The molecule has 0 aliphatic carbocycles. The van der Waals surface area contributed by atoms with Crippen molar-refractivity contribution in [2.75, 3.05) is 0 Å². The molecule has 0 spiro atoms. The number of benzene rings is 1. The summed E-state index contributed by atoms with van der Waals surface area (Å²) >= 11 is 0. The number of unbranched alkanes of at least 4 members (excludes halogenated alkanes) is 6. The van der Waals surface area contributed by atoms with Crippen LogP contribution < -0.4 is 0 Å². The first-order valence-corrected chi connectivity index (χ1v) is 10.2. The molecule has 150 valence electrons. The summed E-state index contributed by atoms with van der Waals surface area (Å²) < 4.78 is 10.7. The molecule has 0 saturated carbocycles. The van der Waals surface area contributed by atoms with Gasteiger partial charge in [0, 0.05) is 12.5 Å². The Bertz CT molecular complexity index is 565. The van der Waals surface area contributed by atoms with Gasteiger partial charge in [0.2, 0.25) is 0 Å². The highest BCUT2D eigenvalue weighted by Gasteiger charge is 2.19. The molecule has 0 amide bonds. The molecular weight excluding hydrogens is 340 g/mol. The maximum Gasteiger partial charge on any atom is 0.331 e. The van der Waals surface area contributed by atoms with Gasteiger partial charge in [-0.1, -0.05) is 75.8 Å². The van der Waals surface area contributed by atoms with Crippen molar-refractivity contribution in [3.63, 3.8) is 0 Å². The Morgan fingerprint density at radius 3 is 2.15 bits per heavy atom. The van der Waals surface area contributed by atoms with Crippen LogP contribution in [0.4, 0.5) is 0 Å². The van der Waals surface area contributed by atoms with E-state index < -0.39 is 18.2 Å². The number of hydrogen-bond acceptors (Lipinski definition) is 4. The Morgan fingerprint density at radius 2 is 1.48 bits per heavy atom. The highest BCUT2D eigenvalue weighted by Crippen LogP contribution is 2.11. The van der Waals surface area contributed by atoms with Gasteiger partial charge < -0.3 is 9.47 Å². The summed E-state index contributed by atoms with van der Waals surface area (Å²) in [7, 11) is 0. The summed E-state index contributed by atoms with van der Waals surface area (Å²) in [6.45, 7) is 5.69. The second-order valence-electron chi connectivity index (χ2n) is 6.95. The average Bonchev–Trinajstić information content (AvgIpc) is 2.66. The highest BCUT2D eigenvalue weighted by atomic mass is 16.6. The summed E-state index contributed by atoms with van der Waals surface area (Å²) in [5.74, 6) is -0.667. The number of hydrogen-bond donors (Lipinski definition) is 0. The fourth-order valence-electron chi connectivity index (χ4n) is 2.64. The fraction of sp³-hybridized carbons (Fsp3) is 0.565. The molecule has 2 atom stereocenters. The van der Waals surface area contributed by atoms with Crippen LogP contribution in [0.5, 0.6) is 0 Å². The monoisotopic (exact) mass is 374 g/mol. The first kappa shape index (κ1) is 22.9. The van der Waals surface area contributed by atoms with Crippen molar-refractivity contribution < 1.29 is 19.1 Å². The summed E-state index contributed by atoms with van der Waals surface area (Å²) in [6, 6.07) is 9.53. The molecular formula is C23H34O4. The van der Waals surface area contributed by atoms with E-state index in [1.807, 2.05) is 30.3 Å². The van der Waals surface area contributed by atoms with E-state index in [0.29, 0.717) is 6.42 Å². The van der Waals surface area contributed by atoms with Gasteiger partial charge >= 0.3 is 11.9 Å². The van der Waals surface area contributed by atoms with Crippen molar-refractivity contribution in [1.82, 2.24) is 0 Å². The third-order valence-corrected chi connectivity index (χ3v) is 4.48. The molecule has 0 N–H and O–H groups in total. The molecule has 1 aromatic carbocycles. The zero-order chi connectivity index (χ0) is 19.9. The zero-order valence-electron chi connectivity index (χ0n) is 17.0. The van der Waals surface area contributed by atoms with Crippen molar-refractivity contribution in [2.24, 2.45) is 0 Å². The van der Waals surface area contributed by atoms with Gasteiger partial charge in [-0.25, -0.2) is 4.79 Å². The Hall–Kier alpha value is -2.10. The van der Waals surface area contributed by atoms with Crippen LogP contribution >= 0.6 is 0 Å². The van der Waals surface area contributed by atoms with Crippen LogP contribution in [0.2, 0.25) is 0 Å². The first-order chi connectivity index (χ1) is 13.0. The summed E-state index contributed by atoms with van der Waals surface area (Å²) in [4.78, 5) is 23.8. The predicted molar refractivity (Wildman–Crippen MR) is 109 cm³/mol. The van der Waals surface area contributed by atoms with Crippen LogP contribution in [-0.2, 0) is 19.1 Å². The molecule has 0 fully saturated rings. The minimum atomic E-state index is -0.490. The first-order valence-electron chi connectivity index (χ1n) is 10.2. The Morgan fingerprint density at radius 1 is 0.889 bits per heavy atom. The number of ether oxygens (including phenoxy) is 2. The van der Waals surface area contributed by atoms with Crippen LogP contribution in [-0.4, -0.2) is 24.1 Å². The van der Waals surface area contributed by atoms with Crippen LogP contribution in [0, 0.1) is 0 Å². The van der Waals surface area contributed by atoms with Gasteiger partial charge in [0.25, 0.3) is 0 Å². The number of rotatable bonds is 13. The zero-order valence-corrected chi connectivity index (χ0v) is 17.0. The molecule has 27 heavy (non-hydrogen) atoms. The summed E-state index contributed by atoms with van der Waals surface area (Å²) in [5, 5.41) is 0. The predicted octanol–water partition coefficient (Wildman–Crippen LogP) is 5.70. The number of esters is 2. The van der Waals surface area contributed by atoms with Gasteiger partial charge in [-0.05, 0) is 31.9 Å². The van der Waals surface area contributed by atoms with E-state index in [2.05, 4.69) is 6.92 Å². The van der Waals surface area contributed by atoms with Crippen LogP contribution in [0.3, 0.4) is 0 Å². The van der Waals surface area contributed by atoms with E-state index in [4.69, 9.17) is 9.47 Å². The van der Waals surface area contributed by atoms with Gasteiger partial charge in [0.1, 0.15) is 12.2 Å². The second-order valence-corrected chi connectivity index (χ2v) is 6.95. The molecule has 0 bridgehead atoms. The molecule has 0 aliphatic rings. The quantitative estimate of drug-likeness (QED) is 0.252. The van der Waals surface area contributed by atoms with Crippen molar-refractivity contribution in [2.45, 2.75) is 84.3 Å². The van der Waals surface area contributed by atoms with E-state index in [1.54, 1.807) is 19.9 Å². The standard InChI is InChI=1S/C23H34O4/c1-4-5-6-7-8-9-13-16-22(24)26-19(2)20(3)27-23(25)18-17-21-14-11-10-12-15-21/h10-12,14-15,17-20H,4-9,13,16H2,1-3H3/b18-17+. The minimum Gasteiger partial charge on any atom is -0.459 e. The third kappa shape index (κ3) is 11.3. The SMILES string of the molecule is CCCCCCCCCC(=O)OC(C)C(C)OC(=O)/C=C/c1ccccc1. The lowest BCUT2D eigenvalue weighted by atomic mass is 10.1. The molecule has 0 aromatic heterocycles. The normalized spacial score (nSPS) is 13.3. The molecule has 0 saturated heterocycles. The van der Waals surface area contributed by atoms with Crippen molar-refractivity contribution >= 4 is 18.0 Å². The summed E-state index contributed by atoms with van der Waals surface area (Å²) in [5.41, 5.74) is 0.927. The van der Waals surface area contributed by atoms with E-state index in [0.717, 1.165) is 18.4 Å². The maximum absolute atomic E-state index is 11.9. The Labute approximate surface area is 163 Å². The summed E-state index contributed by atoms with van der Waals surface area (Å²) in [6.07, 6.45) is 10.7. The van der Waals surface area contributed by atoms with E-state index >= 15 is 0 Å². The molecule has 4 nitrogen and oxygen atoms in total. The van der Waals surface area contributed by atoms with E-state index in [-0.39, 0.29) is 5.97 Å². The lowest BCUT2D eigenvalue weighted by molar-refractivity contribution is -0.162. The Balaban J connectivity index is 2.20. The molecule has 2 unspecified atom stereocenters. The van der Waals surface area contributed by atoms with Crippen LogP contribution in [0.25, 0.3) is 6.08 Å². The lowest BCUT2D eigenvalue weighted by Gasteiger charge is -2.20. The van der Waals surface area contributed by atoms with Gasteiger partial charge in [0.05, 0.1) is 0 Å². The van der Waals surface area contributed by atoms with E-state index in [1.165, 1.54) is 38.2 Å². The van der Waals surface area contributed by atoms with Gasteiger partial charge in [-0.15, -0.1) is 0 Å². The van der Waals surface area contributed by atoms with Crippen LogP contribution in [0.1, 0.15) is 77.7 Å². The number of carbonyl (C=O) groups is 2. The van der Waals surface area contributed by atoms with Crippen molar-refractivity contribution in [3.05, 3.63) is 42.0 Å². The van der Waals surface area contributed by atoms with Crippen molar-refractivity contribution in [3.8, 4) is 0 Å². The molecule has 1 rings (SSSR count). The Kier molecular flexibility index (Phi) is 11.9. The molecule has 4 heteroatoms. The molecule has 0 aliphatic heterocycles. The topological polar surface area (TPSA) is 52.6 Å². The third-order valence-electron chi connectivity index (χ3n) is 4.48. The smallest absolute Gasteiger partial charge is 0.331 e. The maximum atomic E-state index is 11.9. The van der Waals surface area contributed by atoms with Crippen molar-refractivity contribution in [1.29, 1.82) is 0 Å². The van der Waals surface area contributed by atoms with Crippen LogP contribution in [0.15, 0.2) is 36.4 Å². The van der Waals surface area contributed by atoms with Gasteiger partial charge in [0.15, 0.2) is 0 Å². The second kappa shape index (κ2) is 14.0. The highest BCUT2D eigenvalue weighted by molar-refractivity contribution is 5.87. The molecule has 0 radical (unpaired) electrons. The fourth-order valence-corrected chi connectivity index (χ4v) is 2.64. The van der Waals surface area contributed by atoms with E-state index in [9.17, 15) is 9.59 Å². The number of carbonyl (C=O) groups excluding carboxylic acids is 2. The largest absolute Gasteiger partial charge is 0.459 e. The average molecular weight is 375 g/mol.